The van der Waals surface area contributed by atoms with E-state index in [0.29, 0.717) is 44.8 Å². The lowest BCUT2D eigenvalue weighted by Gasteiger charge is -2.23. The molecule has 0 bridgehead atoms. The number of nitrogens with one attached hydrogen (secondary N) is 1. The van der Waals surface area contributed by atoms with E-state index in [0.717, 1.165) is 18.8 Å². The van der Waals surface area contributed by atoms with E-state index in [-0.39, 0.29) is 12.5 Å². The van der Waals surface area contributed by atoms with Gasteiger partial charge in [0.25, 0.3) is 0 Å². The van der Waals surface area contributed by atoms with Gasteiger partial charge in [0.05, 0.1) is 12.2 Å². The van der Waals surface area contributed by atoms with Crippen LogP contribution in [0, 0.1) is 0 Å². The Kier molecular flexibility index (Phi) is 7.84. The van der Waals surface area contributed by atoms with E-state index in [9.17, 15) is 14.4 Å². The van der Waals surface area contributed by atoms with E-state index >= 15 is 0 Å². The smallest absolute Gasteiger partial charge is 0.339 e. The summed E-state index contributed by atoms with van der Waals surface area (Å²) in [4.78, 5) is 42.5. The van der Waals surface area contributed by atoms with Crippen LogP contribution < -0.4 is 10.2 Å². The molecule has 27 heavy (non-hydrogen) atoms. The van der Waals surface area contributed by atoms with E-state index in [4.69, 9.17) is 9.84 Å². The maximum absolute atomic E-state index is 12.2. The Hall–Kier alpha value is -2.84. The molecule has 0 saturated carbocycles. The van der Waals surface area contributed by atoms with E-state index in [2.05, 4.69) is 15.2 Å². The predicted molar refractivity (Wildman–Crippen MR) is 98.9 cm³/mol. The van der Waals surface area contributed by atoms with Gasteiger partial charge in [0.2, 0.25) is 0 Å². The minimum atomic E-state index is -0.865. The molecule has 1 aliphatic rings. The number of amides is 2. The molecule has 1 aliphatic heterocycles. The van der Waals surface area contributed by atoms with Crippen molar-refractivity contribution in [2.45, 2.75) is 26.2 Å². The number of urea groups is 1. The van der Waals surface area contributed by atoms with Gasteiger partial charge in [-0.2, -0.15) is 0 Å². The number of ether oxygens (including phenoxy) is 1. The summed E-state index contributed by atoms with van der Waals surface area (Å²) >= 11 is 0. The summed E-state index contributed by atoms with van der Waals surface area (Å²) in [5.41, 5.74) is 0.415. The molecule has 1 saturated heterocycles. The number of esters is 1. The van der Waals surface area contributed by atoms with Gasteiger partial charge < -0.3 is 25.0 Å². The van der Waals surface area contributed by atoms with Gasteiger partial charge in [-0.3, -0.25) is 4.79 Å². The number of carboxylic acid groups (broad SMARTS) is 1. The maximum atomic E-state index is 12.2. The van der Waals surface area contributed by atoms with Crippen molar-refractivity contribution in [1.29, 1.82) is 0 Å². The van der Waals surface area contributed by atoms with Crippen LogP contribution in [0.1, 0.15) is 36.5 Å². The molecule has 2 amide bonds. The van der Waals surface area contributed by atoms with Crippen LogP contribution in [0.4, 0.5) is 10.6 Å². The first-order valence-corrected chi connectivity index (χ1v) is 9.14. The number of hydrogen-bond acceptors (Lipinski definition) is 6. The Morgan fingerprint density at radius 2 is 2.04 bits per heavy atom. The Labute approximate surface area is 158 Å². The van der Waals surface area contributed by atoms with Crippen molar-refractivity contribution in [1.82, 2.24) is 15.2 Å². The van der Waals surface area contributed by atoms with Crippen molar-refractivity contribution in [2.24, 2.45) is 0 Å². The summed E-state index contributed by atoms with van der Waals surface area (Å²) in [6.07, 6.45) is 2.76. The first-order valence-electron chi connectivity index (χ1n) is 9.14. The van der Waals surface area contributed by atoms with Crippen LogP contribution in [0.3, 0.4) is 0 Å². The minimum Gasteiger partial charge on any atom is -0.481 e. The van der Waals surface area contributed by atoms with Crippen LogP contribution in [0.2, 0.25) is 0 Å². The lowest BCUT2D eigenvalue weighted by atomic mass is 10.2. The Bertz CT molecular complexity index is 650. The highest BCUT2D eigenvalue weighted by Gasteiger charge is 2.20. The van der Waals surface area contributed by atoms with Crippen LogP contribution in [-0.4, -0.2) is 72.3 Å². The van der Waals surface area contributed by atoms with Crippen LogP contribution >= 0.6 is 0 Å². The largest absolute Gasteiger partial charge is 0.481 e. The zero-order chi connectivity index (χ0) is 19.6. The number of carboxylic acids is 1. The fourth-order valence-corrected chi connectivity index (χ4v) is 2.80. The highest BCUT2D eigenvalue weighted by atomic mass is 16.5. The zero-order valence-electron chi connectivity index (χ0n) is 15.5. The van der Waals surface area contributed by atoms with E-state index in [1.54, 1.807) is 24.0 Å². The van der Waals surface area contributed by atoms with Crippen LogP contribution in [0.15, 0.2) is 18.3 Å². The second-order valence-electron chi connectivity index (χ2n) is 6.18. The molecule has 1 aromatic heterocycles. The number of carbonyl (C=O) groups excluding carboxylic acids is 2. The molecule has 0 aliphatic carbocycles. The SMILES string of the molecule is CCOC(=O)c1ccc(N2CCCN(C(=O)NCCCC(=O)O)CC2)nc1. The molecule has 0 unspecified atom stereocenters. The summed E-state index contributed by atoms with van der Waals surface area (Å²) in [5, 5.41) is 11.4. The maximum Gasteiger partial charge on any atom is 0.339 e. The van der Waals surface area contributed by atoms with Gasteiger partial charge in [0.15, 0.2) is 0 Å². The molecular formula is C18H26N4O5. The predicted octanol–water partition coefficient (Wildman–Crippen LogP) is 1.34. The molecule has 2 heterocycles. The number of aromatic nitrogens is 1. The summed E-state index contributed by atoms with van der Waals surface area (Å²) in [6.45, 7) is 4.99. The molecule has 1 aromatic rings. The molecular weight excluding hydrogens is 352 g/mol. The Balaban J connectivity index is 1.84. The molecule has 0 spiro atoms. The zero-order valence-corrected chi connectivity index (χ0v) is 15.5. The number of rotatable bonds is 7. The third kappa shape index (κ3) is 6.43. The number of carbonyl (C=O) groups is 3. The number of aliphatic carboxylic acids is 1. The minimum absolute atomic E-state index is 0.0432. The monoisotopic (exact) mass is 378 g/mol. The first kappa shape index (κ1) is 20.5. The van der Waals surface area contributed by atoms with Gasteiger partial charge in [-0.05, 0) is 31.9 Å². The van der Waals surface area contributed by atoms with Gasteiger partial charge in [0, 0.05) is 45.3 Å². The average Bonchev–Trinajstić information content (AvgIpc) is 2.91. The average molecular weight is 378 g/mol. The fourth-order valence-electron chi connectivity index (χ4n) is 2.80. The van der Waals surface area contributed by atoms with Gasteiger partial charge in [0.1, 0.15) is 5.82 Å². The molecule has 0 aromatic carbocycles. The highest BCUT2D eigenvalue weighted by Crippen LogP contribution is 2.15. The van der Waals surface area contributed by atoms with Crippen LogP contribution in [-0.2, 0) is 9.53 Å². The third-order valence-corrected chi connectivity index (χ3v) is 4.21. The summed E-state index contributed by atoms with van der Waals surface area (Å²) in [7, 11) is 0. The molecule has 1 fully saturated rings. The highest BCUT2D eigenvalue weighted by molar-refractivity contribution is 5.89. The fraction of sp³-hybridized carbons (Fsp3) is 0.556. The lowest BCUT2D eigenvalue weighted by molar-refractivity contribution is -0.137. The van der Waals surface area contributed by atoms with Gasteiger partial charge in [-0.1, -0.05) is 0 Å². The summed E-state index contributed by atoms with van der Waals surface area (Å²) < 4.78 is 4.95. The van der Waals surface area contributed by atoms with Crippen molar-refractivity contribution in [3.8, 4) is 0 Å². The van der Waals surface area contributed by atoms with Crippen molar-refractivity contribution in [2.75, 3.05) is 44.2 Å². The Morgan fingerprint density at radius 3 is 2.70 bits per heavy atom. The van der Waals surface area contributed by atoms with E-state index < -0.39 is 11.9 Å². The van der Waals surface area contributed by atoms with E-state index in [1.807, 2.05) is 0 Å². The van der Waals surface area contributed by atoms with Crippen LogP contribution in [0.5, 0.6) is 0 Å². The topological polar surface area (TPSA) is 112 Å². The number of pyridine rings is 1. The van der Waals surface area contributed by atoms with Crippen molar-refractivity contribution in [3.05, 3.63) is 23.9 Å². The van der Waals surface area contributed by atoms with Crippen molar-refractivity contribution < 1.29 is 24.2 Å². The van der Waals surface area contributed by atoms with Crippen molar-refractivity contribution in [3.63, 3.8) is 0 Å². The molecule has 2 rings (SSSR count). The molecule has 9 nitrogen and oxygen atoms in total. The van der Waals surface area contributed by atoms with Gasteiger partial charge in [-0.25, -0.2) is 14.6 Å². The lowest BCUT2D eigenvalue weighted by Crippen LogP contribution is -2.42. The van der Waals surface area contributed by atoms with E-state index in [1.165, 1.54) is 6.20 Å². The number of nitrogens with zero attached hydrogens (tertiary/aromatic N) is 3. The third-order valence-electron chi connectivity index (χ3n) is 4.21. The first-order chi connectivity index (χ1) is 13.0. The normalized spacial score (nSPS) is 14.4. The summed E-state index contributed by atoms with van der Waals surface area (Å²) in [5.74, 6) is -0.499. The molecule has 9 heteroatoms. The molecule has 148 valence electrons. The molecule has 0 radical (unpaired) electrons. The number of anilines is 1. The van der Waals surface area contributed by atoms with Gasteiger partial charge in [-0.15, -0.1) is 0 Å². The second-order valence-corrected chi connectivity index (χ2v) is 6.18. The van der Waals surface area contributed by atoms with Gasteiger partial charge >= 0.3 is 18.0 Å². The molecule has 2 N–H and O–H groups in total. The number of hydrogen-bond donors (Lipinski definition) is 2. The Morgan fingerprint density at radius 1 is 1.22 bits per heavy atom. The molecule has 0 atom stereocenters. The second kappa shape index (κ2) is 10.3. The summed E-state index contributed by atoms with van der Waals surface area (Å²) in [6, 6.07) is 3.30. The quantitative estimate of drug-likeness (QED) is 0.544. The van der Waals surface area contributed by atoms with Crippen molar-refractivity contribution >= 4 is 23.8 Å². The van der Waals surface area contributed by atoms with Crippen LogP contribution in [0.25, 0.3) is 0 Å². The standard InChI is InChI=1S/C18H26N4O5/c1-2-27-17(25)14-6-7-15(20-13-14)21-9-4-10-22(12-11-21)18(26)19-8-3-5-16(23)24/h6-7,13H,2-5,8-12H2,1H3,(H,19,26)(H,23,24).